The number of urea groups is 1. The molecule has 1 aromatic rings. The number of nitrogens with one attached hydrogen (secondary N) is 1. The van der Waals surface area contributed by atoms with Gasteiger partial charge in [-0.2, -0.15) is 0 Å². The van der Waals surface area contributed by atoms with Gasteiger partial charge in [0.25, 0.3) is 0 Å². The Kier molecular flexibility index (Phi) is 7.85. The molecule has 1 fully saturated rings. The summed E-state index contributed by atoms with van der Waals surface area (Å²) in [4.78, 5) is 41.4. The second kappa shape index (κ2) is 9.62. The molecule has 0 radical (unpaired) electrons. The minimum atomic E-state index is -0.944. The van der Waals surface area contributed by atoms with Crippen LogP contribution in [0.3, 0.4) is 0 Å². The van der Waals surface area contributed by atoms with Gasteiger partial charge in [0.2, 0.25) is 5.91 Å². The number of aliphatic imine (C=N–C) groups is 1. The zero-order chi connectivity index (χ0) is 18.4. The normalized spacial score (nSPS) is 18.2. The van der Waals surface area contributed by atoms with Gasteiger partial charge in [-0.15, -0.1) is 12.4 Å². The van der Waals surface area contributed by atoms with E-state index in [4.69, 9.17) is 16.2 Å². The zero-order valence-corrected chi connectivity index (χ0v) is 15.1. The predicted molar refractivity (Wildman–Crippen MR) is 98.8 cm³/mol. The second-order valence-corrected chi connectivity index (χ2v) is 5.53. The van der Waals surface area contributed by atoms with E-state index in [0.717, 1.165) is 4.90 Å². The Bertz CT molecular complexity index is 678. The average molecular weight is 384 g/mol. The number of amides is 3. The number of hydrogen-bond donors (Lipinski definition) is 3. The minimum Gasteiger partial charge on any atom is -0.467 e. The Labute approximate surface area is 157 Å². The molecule has 0 unspecified atom stereocenters. The topological polar surface area (TPSA) is 140 Å². The lowest BCUT2D eigenvalue weighted by atomic mass is 9.84. The molecule has 1 heterocycles. The second-order valence-electron chi connectivity index (χ2n) is 5.53. The van der Waals surface area contributed by atoms with Crippen LogP contribution in [0, 0.1) is 5.92 Å². The van der Waals surface area contributed by atoms with E-state index >= 15 is 0 Å². The molecule has 2 atom stereocenters. The molecular formula is C16H22ClN5O4. The molecule has 2 rings (SSSR count). The first kappa shape index (κ1) is 21.2. The van der Waals surface area contributed by atoms with Gasteiger partial charge in [0.1, 0.15) is 0 Å². The lowest BCUT2D eigenvalue weighted by molar-refractivity contribution is -0.167. The average Bonchev–Trinajstić information content (AvgIpc) is 2.59. The zero-order valence-electron chi connectivity index (χ0n) is 14.3. The first-order chi connectivity index (χ1) is 12.0. The Hall–Kier alpha value is -2.81. The number of benzene rings is 1. The smallest absolute Gasteiger partial charge is 0.329 e. The maximum Gasteiger partial charge on any atom is 0.329 e. The largest absolute Gasteiger partial charge is 0.467 e. The van der Waals surface area contributed by atoms with E-state index in [1.54, 1.807) is 30.3 Å². The number of nitrogens with zero attached hydrogens (tertiary/aromatic N) is 2. The van der Waals surface area contributed by atoms with Gasteiger partial charge in [0.15, 0.2) is 12.0 Å². The van der Waals surface area contributed by atoms with Crippen LogP contribution in [0.15, 0.2) is 35.3 Å². The van der Waals surface area contributed by atoms with Crippen molar-refractivity contribution < 1.29 is 19.1 Å². The maximum absolute atomic E-state index is 12.3. The van der Waals surface area contributed by atoms with Gasteiger partial charge in [-0.05, 0) is 25.0 Å². The molecule has 0 aromatic heterocycles. The van der Waals surface area contributed by atoms with Crippen molar-refractivity contribution in [1.82, 2.24) is 4.90 Å². The Morgan fingerprint density at radius 1 is 1.27 bits per heavy atom. The number of methoxy groups -OCH3 is 1. The number of esters is 1. The fraction of sp³-hybridized carbons (Fsp3) is 0.375. The quantitative estimate of drug-likeness (QED) is 0.217. The first-order valence-corrected chi connectivity index (χ1v) is 7.78. The van der Waals surface area contributed by atoms with Crippen molar-refractivity contribution in [2.45, 2.75) is 18.9 Å². The van der Waals surface area contributed by atoms with Crippen LogP contribution >= 0.6 is 12.4 Å². The lowest BCUT2D eigenvalue weighted by Crippen LogP contribution is -2.67. The molecule has 0 aliphatic carbocycles. The van der Waals surface area contributed by atoms with Crippen molar-refractivity contribution in [3.05, 3.63) is 30.3 Å². The highest BCUT2D eigenvalue weighted by Crippen LogP contribution is 2.32. The van der Waals surface area contributed by atoms with Gasteiger partial charge in [0.05, 0.1) is 13.0 Å². The van der Waals surface area contributed by atoms with Gasteiger partial charge < -0.3 is 21.5 Å². The third-order valence-corrected chi connectivity index (χ3v) is 3.87. The van der Waals surface area contributed by atoms with Gasteiger partial charge in [-0.25, -0.2) is 14.5 Å². The lowest BCUT2D eigenvalue weighted by Gasteiger charge is -2.43. The van der Waals surface area contributed by atoms with Crippen LogP contribution in [-0.2, 0) is 14.3 Å². The van der Waals surface area contributed by atoms with Crippen molar-refractivity contribution in [1.29, 1.82) is 0 Å². The number of likely N-dealkylation sites (tertiary alicyclic amines) is 1. The molecule has 1 aliphatic heterocycles. The maximum atomic E-state index is 12.3. The summed E-state index contributed by atoms with van der Waals surface area (Å²) in [6.45, 7) is 0.343. The molecule has 26 heavy (non-hydrogen) atoms. The monoisotopic (exact) mass is 383 g/mol. The van der Waals surface area contributed by atoms with Crippen molar-refractivity contribution in [2.75, 3.05) is 19.0 Å². The number of anilines is 1. The van der Waals surface area contributed by atoms with Crippen molar-refractivity contribution >= 4 is 42.0 Å². The molecule has 0 spiro atoms. The fourth-order valence-corrected chi connectivity index (χ4v) is 2.67. The summed E-state index contributed by atoms with van der Waals surface area (Å²) >= 11 is 0. The van der Waals surface area contributed by atoms with Crippen LogP contribution in [0.2, 0.25) is 0 Å². The molecule has 0 saturated carbocycles. The summed E-state index contributed by atoms with van der Waals surface area (Å²) in [5.41, 5.74) is 11.0. The molecule has 3 amide bonds. The fourth-order valence-electron chi connectivity index (χ4n) is 2.67. The van der Waals surface area contributed by atoms with Crippen LogP contribution in [0.5, 0.6) is 0 Å². The molecule has 142 valence electrons. The molecule has 9 nitrogen and oxygen atoms in total. The predicted octanol–water partition coefficient (Wildman–Crippen LogP) is 0.694. The number of guanidine groups is 1. The molecule has 5 N–H and O–H groups in total. The number of carbonyl (C=O) groups is 3. The number of hydrogen-bond acceptors (Lipinski definition) is 5. The van der Waals surface area contributed by atoms with Crippen LogP contribution < -0.4 is 16.8 Å². The summed E-state index contributed by atoms with van der Waals surface area (Å²) in [5, 5.41) is 2.59. The molecule has 1 saturated heterocycles. The molecular weight excluding hydrogens is 362 g/mol. The molecule has 0 bridgehead atoms. The summed E-state index contributed by atoms with van der Waals surface area (Å²) in [7, 11) is 1.22. The Balaban J connectivity index is 0.00000338. The van der Waals surface area contributed by atoms with Gasteiger partial charge in [-0.3, -0.25) is 9.79 Å². The molecule has 10 heteroatoms. The van der Waals surface area contributed by atoms with Gasteiger partial charge in [-0.1, -0.05) is 18.2 Å². The van der Waals surface area contributed by atoms with Crippen molar-refractivity contribution in [2.24, 2.45) is 22.4 Å². The number of ether oxygens (including phenoxy) is 1. The van der Waals surface area contributed by atoms with Crippen molar-refractivity contribution in [3.63, 3.8) is 0 Å². The van der Waals surface area contributed by atoms with Crippen LogP contribution in [0.1, 0.15) is 12.8 Å². The third kappa shape index (κ3) is 4.85. The van der Waals surface area contributed by atoms with Crippen LogP contribution in [-0.4, -0.2) is 48.5 Å². The summed E-state index contributed by atoms with van der Waals surface area (Å²) in [6, 6.07) is 7.06. The van der Waals surface area contributed by atoms with E-state index in [2.05, 4.69) is 10.3 Å². The number of para-hydroxylation sites is 1. The van der Waals surface area contributed by atoms with Crippen LogP contribution in [0.25, 0.3) is 0 Å². The highest BCUT2D eigenvalue weighted by Gasteiger charge is 2.54. The van der Waals surface area contributed by atoms with Gasteiger partial charge in [0, 0.05) is 12.2 Å². The highest BCUT2D eigenvalue weighted by molar-refractivity contribution is 6.11. The van der Waals surface area contributed by atoms with E-state index in [1.807, 2.05) is 0 Å². The van der Waals surface area contributed by atoms with E-state index in [0.29, 0.717) is 25.1 Å². The summed E-state index contributed by atoms with van der Waals surface area (Å²) < 4.78 is 4.73. The van der Waals surface area contributed by atoms with E-state index in [-0.39, 0.29) is 18.4 Å². The number of carbonyl (C=O) groups excluding carboxylic acids is 3. The van der Waals surface area contributed by atoms with E-state index in [9.17, 15) is 14.4 Å². The third-order valence-electron chi connectivity index (χ3n) is 3.87. The number of nitrogens with two attached hydrogens (primary N) is 2. The minimum absolute atomic E-state index is 0. The number of β-lactam (4-membered cyclic amide) rings is 1. The Morgan fingerprint density at radius 2 is 1.92 bits per heavy atom. The van der Waals surface area contributed by atoms with Crippen molar-refractivity contribution in [3.8, 4) is 0 Å². The number of halogens is 1. The standard InChI is InChI=1S/C16H21N5O4.ClH/c1-25-14(23)12-11(8-5-9-19-15(17)18)13(22)21(12)16(24)20-10-6-3-2-4-7-10;/h2-4,6-7,11-12H,5,8-9H2,1H3,(H,20,24)(H4,17,18,19);1H/t11-,12+;/m0./s1. The number of rotatable bonds is 6. The first-order valence-electron chi connectivity index (χ1n) is 7.78. The number of imide groups is 1. The summed E-state index contributed by atoms with van der Waals surface area (Å²) in [6.07, 6.45) is 0.889. The van der Waals surface area contributed by atoms with Gasteiger partial charge >= 0.3 is 12.0 Å². The SMILES string of the molecule is COC(=O)[C@H]1[C@H](CCCN=C(N)N)C(=O)N1C(=O)Nc1ccccc1.Cl. The highest BCUT2D eigenvalue weighted by atomic mass is 35.5. The van der Waals surface area contributed by atoms with E-state index in [1.165, 1.54) is 7.11 Å². The Morgan fingerprint density at radius 3 is 2.50 bits per heavy atom. The molecule has 1 aromatic carbocycles. The molecule has 1 aliphatic rings. The summed E-state index contributed by atoms with van der Waals surface area (Å²) in [5.74, 6) is -1.71. The van der Waals surface area contributed by atoms with Crippen LogP contribution in [0.4, 0.5) is 10.5 Å². The van der Waals surface area contributed by atoms with E-state index < -0.39 is 29.9 Å².